The van der Waals surface area contributed by atoms with Crippen molar-refractivity contribution in [1.29, 1.82) is 0 Å². The summed E-state index contributed by atoms with van der Waals surface area (Å²) >= 11 is 0. The summed E-state index contributed by atoms with van der Waals surface area (Å²) in [4.78, 5) is 23.1. The van der Waals surface area contributed by atoms with E-state index in [0.29, 0.717) is 5.92 Å². The summed E-state index contributed by atoms with van der Waals surface area (Å²) < 4.78 is 5.29. The molecule has 0 aromatic carbocycles. The number of nitrogens with one attached hydrogen (secondary N) is 1. The van der Waals surface area contributed by atoms with Crippen LogP contribution in [0.15, 0.2) is 0 Å². The van der Waals surface area contributed by atoms with E-state index in [9.17, 15) is 9.59 Å². The van der Waals surface area contributed by atoms with Gasteiger partial charge in [0.1, 0.15) is 5.60 Å². The van der Waals surface area contributed by atoms with Crippen molar-refractivity contribution >= 4 is 12.1 Å². The van der Waals surface area contributed by atoms with E-state index < -0.39 is 17.7 Å². The first-order valence-electron chi connectivity index (χ1n) is 8.10. The van der Waals surface area contributed by atoms with Crippen molar-refractivity contribution in [2.45, 2.75) is 78.9 Å². The summed E-state index contributed by atoms with van der Waals surface area (Å²) in [7, 11) is 0. The smallest absolute Gasteiger partial charge is 0.407 e. The van der Waals surface area contributed by atoms with Gasteiger partial charge in [0.25, 0.3) is 0 Å². The standard InChI is InChI=1S/C17H31NO4/c1-16(2,3)12-7-8-13(11(9-12)10-14(19)20)18-15(21)22-17(4,5)6/h11-13H,7-10H2,1-6H3,(H,18,21)(H,19,20). The number of amides is 1. The molecular weight excluding hydrogens is 282 g/mol. The molecule has 0 radical (unpaired) electrons. The number of ether oxygens (including phenoxy) is 1. The van der Waals surface area contributed by atoms with Crippen LogP contribution in [0.25, 0.3) is 0 Å². The van der Waals surface area contributed by atoms with Gasteiger partial charge in [0, 0.05) is 6.04 Å². The van der Waals surface area contributed by atoms with Gasteiger partial charge in [-0.3, -0.25) is 4.79 Å². The second kappa shape index (κ2) is 6.88. The van der Waals surface area contributed by atoms with Crippen molar-refractivity contribution in [2.75, 3.05) is 0 Å². The molecule has 3 atom stereocenters. The van der Waals surface area contributed by atoms with Gasteiger partial charge in [0.15, 0.2) is 0 Å². The third-order valence-electron chi connectivity index (χ3n) is 4.35. The van der Waals surface area contributed by atoms with E-state index in [1.54, 1.807) is 0 Å². The summed E-state index contributed by atoms with van der Waals surface area (Å²) in [6.07, 6.45) is 2.27. The highest BCUT2D eigenvalue weighted by molar-refractivity contribution is 5.69. The van der Waals surface area contributed by atoms with Crippen LogP contribution in [0, 0.1) is 17.3 Å². The minimum Gasteiger partial charge on any atom is -0.481 e. The van der Waals surface area contributed by atoms with Crippen LogP contribution >= 0.6 is 0 Å². The van der Waals surface area contributed by atoms with Gasteiger partial charge in [-0.25, -0.2) is 4.79 Å². The molecule has 1 aliphatic rings. The number of carbonyl (C=O) groups excluding carboxylic acids is 1. The zero-order valence-corrected chi connectivity index (χ0v) is 14.7. The SMILES string of the molecule is CC(C)(C)OC(=O)NC1CCC(C(C)(C)C)CC1CC(=O)O. The van der Waals surface area contributed by atoms with Crippen LogP contribution in [0.2, 0.25) is 0 Å². The van der Waals surface area contributed by atoms with E-state index in [-0.39, 0.29) is 23.8 Å². The molecular formula is C17H31NO4. The Balaban J connectivity index is 2.72. The van der Waals surface area contributed by atoms with Gasteiger partial charge < -0.3 is 15.2 Å². The van der Waals surface area contributed by atoms with Crippen LogP contribution in [0.3, 0.4) is 0 Å². The van der Waals surface area contributed by atoms with Gasteiger partial charge in [0.05, 0.1) is 6.42 Å². The third kappa shape index (κ3) is 6.24. The molecule has 22 heavy (non-hydrogen) atoms. The van der Waals surface area contributed by atoms with E-state index in [2.05, 4.69) is 26.1 Å². The maximum absolute atomic E-state index is 12.0. The van der Waals surface area contributed by atoms with E-state index in [1.165, 1.54) is 0 Å². The summed E-state index contributed by atoms with van der Waals surface area (Å²) in [6.45, 7) is 12.0. The molecule has 1 fully saturated rings. The Hall–Kier alpha value is -1.26. The number of carbonyl (C=O) groups is 2. The van der Waals surface area contributed by atoms with E-state index in [0.717, 1.165) is 19.3 Å². The Kier molecular flexibility index (Phi) is 5.88. The van der Waals surface area contributed by atoms with Crippen LogP contribution in [-0.2, 0) is 9.53 Å². The normalized spacial score (nSPS) is 26.4. The Morgan fingerprint density at radius 2 is 1.73 bits per heavy atom. The van der Waals surface area contributed by atoms with Crippen molar-refractivity contribution < 1.29 is 19.4 Å². The Morgan fingerprint density at radius 3 is 2.18 bits per heavy atom. The van der Waals surface area contributed by atoms with Crippen LogP contribution in [-0.4, -0.2) is 28.8 Å². The van der Waals surface area contributed by atoms with Crippen LogP contribution in [0.5, 0.6) is 0 Å². The highest BCUT2D eigenvalue weighted by Gasteiger charge is 2.37. The molecule has 1 amide bonds. The molecule has 128 valence electrons. The summed E-state index contributed by atoms with van der Waals surface area (Å²) in [6, 6.07) is -0.121. The van der Waals surface area contributed by atoms with E-state index >= 15 is 0 Å². The molecule has 0 aromatic rings. The molecule has 5 heteroatoms. The molecule has 1 rings (SSSR count). The zero-order chi connectivity index (χ0) is 17.1. The first kappa shape index (κ1) is 18.8. The molecule has 0 saturated heterocycles. The lowest BCUT2D eigenvalue weighted by atomic mass is 9.67. The number of carboxylic acid groups (broad SMARTS) is 1. The minimum atomic E-state index is -0.810. The first-order valence-corrected chi connectivity index (χ1v) is 8.10. The summed E-state index contributed by atoms with van der Waals surface area (Å²) in [5.74, 6) is -0.368. The van der Waals surface area contributed by atoms with Crippen molar-refractivity contribution in [3.63, 3.8) is 0 Å². The summed E-state index contributed by atoms with van der Waals surface area (Å²) in [5.41, 5.74) is -0.386. The van der Waals surface area contributed by atoms with Crippen LogP contribution < -0.4 is 5.32 Å². The highest BCUT2D eigenvalue weighted by Crippen LogP contribution is 2.41. The Morgan fingerprint density at radius 1 is 1.14 bits per heavy atom. The van der Waals surface area contributed by atoms with Crippen molar-refractivity contribution in [3.05, 3.63) is 0 Å². The number of rotatable bonds is 3. The largest absolute Gasteiger partial charge is 0.481 e. The fourth-order valence-electron chi connectivity index (χ4n) is 3.15. The number of hydrogen-bond acceptors (Lipinski definition) is 3. The topological polar surface area (TPSA) is 75.6 Å². The monoisotopic (exact) mass is 313 g/mol. The highest BCUT2D eigenvalue weighted by atomic mass is 16.6. The average molecular weight is 313 g/mol. The van der Waals surface area contributed by atoms with Gasteiger partial charge in [-0.1, -0.05) is 20.8 Å². The van der Waals surface area contributed by atoms with Gasteiger partial charge in [-0.15, -0.1) is 0 Å². The van der Waals surface area contributed by atoms with Crippen molar-refractivity contribution in [2.24, 2.45) is 17.3 Å². The van der Waals surface area contributed by atoms with E-state index in [4.69, 9.17) is 9.84 Å². The lowest BCUT2D eigenvalue weighted by Crippen LogP contribution is -2.47. The maximum atomic E-state index is 12.0. The average Bonchev–Trinajstić information content (AvgIpc) is 2.26. The van der Waals surface area contributed by atoms with Crippen molar-refractivity contribution in [3.8, 4) is 0 Å². The molecule has 3 unspecified atom stereocenters. The van der Waals surface area contributed by atoms with E-state index in [1.807, 2.05) is 20.8 Å². The van der Waals surface area contributed by atoms with Gasteiger partial charge in [0.2, 0.25) is 0 Å². The zero-order valence-electron chi connectivity index (χ0n) is 14.7. The number of hydrogen-bond donors (Lipinski definition) is 2. The molecule has 1 aliphatic carbocycles. The van der Waals surface area contributed by atoms with Crippen molar-refractivity contribution in [1.82, 2.24) is 5.32 Å². The fourth-order valence-corrected chi connectivity index (χ4v) is 3.15. The number of carboxylic acids is 1. The van der Waals surface area contributed by atoms with Gasteiger partial charge >= 0.3 is 12.1 Å². The quantitative estimate of drug-likeness (QED) is 0.830. The van der Waals surface area contributed by atoms with Gasteiger partial charge in [-0.05, 0) is 57.3 Å². The molecule has 2 N–H and O–H groups in total. The van der Waals surface area contributed by atoms with Crippen LogP contribution in [0.1, 0.15) is 67.2 Å². The predicted octanol–water partition coefficient (Wildman–Crippen LogP) is 3.82. The Bertz CT molecular complexity index is 406. The fraction of sp³-hybridized carbons (Fsp3) is 0.882. The third-order valence-corrected chi connectivity index (χ3v) is 4.35. The van der Waals surface area contributed by atoms with Gasteiger partial charge in [-0.2, -0.15) is 0 Å². The molecule has 0 aliphatic heterocycles. The summed E-state index contributed by atoms with van der Waals surface area (Å²) in [5, 5.41) is 12.0. The number of aliphatic carboxylic acids is 1. The molecule has 5 nitrogen and oxygen atoms in total. The molecule has 0 spiro atoms. The molecule has 1 saturated carbocycles. The predicted molar refractivity (Wildman–Crippen MR) is 85.7 cm³/mol. The lowest BCUT2D eigenvalue weighted by Gasteiger charge is -2.41. The number of alkyl carbamates (subject to hydrolysis) is 1. The minimum absolute atomic E-state index is 0.0389. The molecule has 0 heterocycles. The first-order chi connectivity index (χ1) is 9.88. The molecule has 0 bridgehead atoms. The second-order valence-electron chi connectivity index (χ2n) is 8.49. The maximum Gasteiger partial charge on any atom is 0.407 e. The second-order valence-corrected chi connectivity index (χ2v) is 8.49. The Labute approximate surface area is 133 Å². The lowest BCUT2D eigenvalue weighted by molar-refractivity contribution is -0.139. The van der Waals surface area contributed by atoms with Crippen LogP contribution in [0.4, 0.5) is 4.79 Å². The molecule has 0 aromatic heterocycles.